The Labute approximate surface area is 107 Å². The molecule has 0 amide bonds. The van der Waals surface area contributed by atoms with Gasteiger partial charge >= 0.3 is 0 Å². The third-order valence-electron chi connectivity index (χ3n) is 2.01. The summed E-state index contributed by atoms with van der Waals surface area (Å²) >= 11 is 2.94. The average Bonchev–Trinajstić information content (AvgIpc) is 2.74. The molecule has 4 nitrogen and oxygen atoms in total. The first kappa shape index (κ1) is 11.9. The molecule has 2 rings (SSSR count). The van der Waals surface area contributed by atoms with Gasteiger partial charge < -0.3 is 4.74 Å². The van der Waals surface area contributed by atoms with E-state index in [9.17, 15) is 0 Å². The summed E-state index contributed by atoms with van der Waals surface area (Å²) < 4.78 is 5.97. The highest BCUT2D eigenvalue weighted by atomic mass is 32.2. The predicted octanol–water partition coefficient (Wildman–Crippen LogP) is 2.88. The highest BCUT2D eigenvalue weighted by Gasteiger charge is 2.09. The van der Waals surface area contributed by atoms with Gasteiger partial charge in [-0.1, -0.05) is 23.1 Å². The number of nitrogens with zero attached hydrogens (tertiary/aromatic N) is 3. The molecule has 1 aromatic carbocycles. The van der Waals surface area contributed by atoms with E-state index in [4.69, 9.17) is 10.00 Å². The highest BCUT2D eigenvalue weighted by molar-refractivity contribution is 8.01. The monoisotopic (exact) mass is 263 g/mol. The molecule has 0 unspecified atom stereocenters. The maximum absolute atomic E-state index is 9.03. The lowest BCUT2D eigenvalue weighted by atomic mass is 10.2. The molecular formula is C11H9N3OS2. The van der Waals surface area contributed by atoms with Crippen molar-refractivity contribution >= 4 is 23.1 Å². The zero-order valence-electron chi connectivity index (χ0n) is 9.30. The number of hydrogen-bond acceptors (Lipinski definition) is 6. The van der Waals surface area contributed by atoms with Crippen LogP contribution in [0.25, 0.3) is 0 Å². The molecular weight excluding hydrogens is 254 g/mol. The van der Waals surface area contributed by atoms with E-state index in [0.29, 0.717) is 5.56 Å². The van der Waals surface area contributed by atoms with Gasteiger partial charge in [-0.15, -0.1) is 10.2 Å². The Balaban J connectivity index is 2.33. The first-order chi connectivity index (χ1) is 8.22. The summed E-state index contributed by atoms with van der Waals surface area (Å²) in [4.78, 5) is 0.836. The van der Waals surface area contributed by atoms with Gasteiger partial charge in [0.05, 0.1) is 12.7 Å². The molecule has 0 fully saturated rings. The maximum Gasteiger partial charge on any atom is 0.179 e. The molecule has 0 saturated carbocycles. The molecule has 0 radical (unpaired) electrons. The van der Waals surface area contributed by atoms with Crippen LogP contribution in [-0.4, -0.2) is 17.3 Å². The minimum atomic E-state index is 0.614. The molecule has 0 aliphatic heterocycles. The van der Waals surface area contributed by atoms with E-state index in [1.54, 1.807) is 19.2 Å². The molecule has 6 heteroatoms. The van der Waals surface area contributed by atoms with E-state index in [1.165, 1.54) is 23.1 Å². The number of methoxy groups -OCH3 is 1. The summed E-state index contributed by atoms with van der Waals surface area (Å²) in [7, 11) is 1.60. The summed E-state index contributed by atoms with van der Waals surface area (Å²) in [6.07, 6.45) is 0. The Morgan fingerprint density at radius 3 is 2.82 bits per heavy atom. The van der Waals surface area contributed by atoms with Crippen LogP contribution in [0.3, 0.4) is 0 Å². The zero-order chi connectivity index (χ0) is 12.3. The molecule has 0 N–H and O–H groups in total. The molecule has 0 spiro atoms. The van der Waals surface area contributed by atoms with Crippen LogP contribution >= 0.6 is 23.1 Å². The van der Waals surface area contributed by atoms with E-state index >= 15 is 0 Å². The highest BCUT2D eigenvalue weighted by Crippen LogP contribution is 2.34. The Morgan fingerprint density at radius 2 is 2.24 bits per heavy atom. The van der Waals surface area contributed by atoms with Crippen LogP contribution in [-0.2, 0) is 0 Å². The second-order valence-corrected chi connectivity index (χ2v) is 5.63. The number of rotatable bonds is 3. The fraction of sp³-hybridized carbons (Fsp3) is 0.182. The van der Waals surface area contributed by atoms with Crippen molar-refractivity contribution in [2.24, 2.45) is 0 Å². The van der Waals surface area contributed by atoms with Gasteiger partial charge in [0.2, 0.25) is 0 Å². The van der Waals surface area contributed by atoms with Crippen LogP contribution in [0.1, 0.15) is 10.6 Å². The Hall–Kier alpha value is -1.58. The summed E-state index contributed by atoms with van der Waals surface area (Å²) in [5.41, 5.74) is 0.614. The van der Waals surface area contributed by atoms with Crippen molar-refractivity contribution in [1.82, 2.24) is 10.2 Å². The minimum Gasteiger partial charge on any atom is -0.497 e. The van der Waals surface area contributed by atoms with Crippen LogP contribution in [0.15, 0.2) is 27.4 Å². The van der Waals surface area contributed by atoms with Gasteiger partial charge in [-0.3, -0.25) is 0 Å². The SMILES string of the molecule is COc1ccc(C#N)c(Sc2nnc(C)s2)c1. The van der Waals surface area contributed by atoms with Gasteiger partial charge in [0.1, 0.15) is 16.8 Å². The predicted molar refractivity (Wildman–Crippen MR) is 66.5 cm³/mol. The lowest BCUT2D eigenvalue weighted by Gasteiger charge is -2.04. The zero-order valence-corrected chi connectivity index (χ0v) is 10.9. The van der Waals surface area contributed by atoms with Gasteiger partial charge in [0.25, 0.3) is 0 Å². The molecule has 17 heavy (non-hydrogen) atoms. The molecule has 0 aliphatic carbocycles. The quantitative estimate of drug-likeness (QED) is 0.852. The van der Waals surface area contributed by atoms with Crippen LogP contribution in [0.2, 0.25) is 0 Å². The number of aryl methyl sites for hydroxylation is 1. The lowest BCUT2D eigenvalue weighted by Crippen LogP contribution is -1.86. The molecule has 86 valence electrons. The van der Waals surface area contributed by atoms with Crippen molar-refractivity contribution in [3.8, 4) is 11.8 Å². The van der Waals surface area contributed by atoms with Gasteiger partial charge in [0.15, 0.2) is 4.34 Å². The lowest BCUT2D eigenvalue weighted by molar-refractivity contribution is 0.413. The molecule has 0 saturated heterocycles. The number of ether oxygens (including phenoxy) is 1. The molecule has 0 aliphatic rings. The van der Waals surface area contributed by atoms with Gasteiger partial charge in [-0.2, -0.15) is 5.26 Å². The van der Waals surface area contributed by atoms with Crippen molar-refractivity contribution in [3.05, 3.63) is 28.8 Å². The van der Waals surface area contributed by atoms with Crippen molar-refractivity contribution < 1.29 is 4.74 Å². The van der Waals surface area contributed by atoms with Crippen molar-refractivity contribution in [2.75, 3.05) is 7.11 Å². The van der Waals surface area contributed by atoms with Crippen LogP contribution in [0.5, 0.6) is 5.75 Å². The molecule has 1 aromatic heterocycles. The van der Waals surface area contributed by atoms with E-state index < -0.39 is 0 Å². The fourth-order valence-corrected chi connectivity index (χ4v) is 3.10. The molecule has 2 aromatic rings. The third-order valence-corrected chi connectivity index (χ3v) is 3.96. The second kappa shape index (κ2) is 5.17. The summed E-state index contributed by atoms with van der Waals surface area (Å²) in [6.45, 7) is 1.90. The first-order valence-corrected chi connectivity index (χ1v) is 6.42. The number of hydrogen-bond donors (Lipinski definition) is 0. The first-order valence-electron chi connectivity index (χ1n) is 4.79. The second-order valence-electron chi connectivity index (χ2n) is 3.16. The summed E-state index contributed by atoms with van der Waals surface area (Å²) in [5, 5.41) is 17.9. The van der Waals surface area contributed by atoms with E-state index in [1.807, 2.05) is 13.0 Å². The standard InChI is InChI=1S/C11H9N3OS2/c1-7-13-14-11(16-7)17-10-5-9(15-2)4-3-8(10)6-12/h3-5H,1-2H3. The van der Waals surface area contributed by atoms with E-state index in [0.717, 1.165) is 20.0 Å². The van der Waals surface area contributed by atoms with Gasteiger partial charge in [0, 0.05) is 4.90 Å². The molecule has 0 atom stereocenters. The largest absolute Gasteiger partial charge is 0.497 e. The van der Waals surface area contributed by atoms with Crippen molar-refractivity contribution in [2.45, 2.75) is 16.2 Å². The maximum atomic E-state index is 9.03. The number of nitriles is 1. The Bertz CT molecular complexity index is 574. The normalized spacial score (nSPS) is 9.94. The van der Waals surface area contributed by atoms with Crippen LogP contribution in [0, 0.1) is 18.3 Å². The topological polar surface area (TPSA) is 58.8 Å². The van der Waals surface area contributed by atoms with Gasteiger partial charge in [-0.05, 0) is 25.1 Å². The number of benzene rings is 1. The van der Waals surface area contributed by atoms with Crippen LogP contribution < -0.4 is 4.74 Å². The Kier molecular flexibility index (Phi) is 3.61. The minimum absolute atomic E-state index is 0.614. The van der Waals surface area contributed by atoms with E-state index in [2.05, 4.69) is 16.3 Å². The third kappa shape index (κ3) is 2.75. The number of aromatic nitrogens is 2. The van der Waals surface area contributed by atoms with Crippen LogP contribution in [0.4, 0.5) is 0 Å². The van der Waals surface area contributed by atoms with Crippen molar-refractivity contribution in [1.29, 1.82) is 5.26 Å². The van der Waals surface area contributed by atoms with E-state index in [-0.39, 0.29) is 0 Å². The molecule has 0 bridgehead atoms. The smallest absolute Gasteiger partial charge is 0.179 e. The summed E-state index contributed by atoms with van der Waals surface area (Å²) in [6, 6.07) is 7.50. The summed E-state index contributed by atoms with van der Waals surface area (Å²) in [5.74, 6) is 0.729. The molecule has 1 heterocycles. The van der Waals surface area contributed by atoms with Gasteiger partial charge in [-0.25, -0.2) is 0 Å². The Morgan fingerprint density at radius 1 is 1.41 bits per heavy atom. The fourth-order valence-electron chi connectivity index (χ4n) is 1.22. The average molecular weight is 263 g/mol. The van der Waals surface area contributed by atoms with Crippen molar-refractivity contribution in [3.63, 3.8) is 0 Å².